The molecule has 0 aliphatic carbocycles. The smallest absolute Gasteiger partial charge is 0.309 e. The number of benzene rings is 1. The Labute approximate surface area is 133 Å². The van der Waals surface area contributed by atoms with E-state index in [0.29, 0.717) is 30.0 Å². The molecule has 2 aliphatic rings. The van der Waals surface area contributed by atoms with Crippen molar-refractivity contribution in [3.05, 3.63) is 35.4 Å². The van der Waals surface area contributed by atoms with Crippen molar-refractivity contribution in [1.82, 2.24) is 20.8 Å². The zero-order valence-corrected chi connectivity index (χ0v) is 12.7. The van der Waals surface area contributed by atoms with Gasteiger partial charge in [-0.15, -0.1) is 0 Å². The van der Waals surface area contributed by atoms with Gasteiger partial charge in [0.2, 0.25) is 0 Å². The van der Waals surface area contributed by atoms with Crippen LogP contribution in [0.5, 0.6) is 0 Å². The number of hydrazine groups is 1. The third-order valence-corrected chi connectivity index (χ3v) is 4.26. The summed E-state index contributed by atoms with van der Waals surface area (Å²) < 4.78 is 0. The third-order valence-electron chi connectivity index (χ3n) is 4.26. The number of nitrogens with one attached hydrogen (secondary N) is 2. The summed E-state index contributed by atoms with van der Waals surface area (Å²) in [5.74, 6) is -0.892. The van der Waals surface area contributed by atoms with Gasteiger partial charge in [-0.3, -0.25) is 25.6 Å². The molecule has 0 saturated carbocycles. The summed E-state index contributed by atoms with van der Waals surface area (Å²) in [6.45, 7) is 2.23. The van der Waals surface area contributed by atoms with Gasteiger partial charge in [-0.2, -0.15) is 0 Å². The van der Waals surface area contributed by atoms with E-state index in [4.69, 9.17) is 0 Å². The standard InChI is InChI=1S/C15H18N4O4/c1-9-2-4-10(5-3-9)13(20)16-17-14(21)12-7-6-11-8-18(12)15(22)19(11)23/h2-5,11-12,23H,6-8H2,1H3,(H,16,20)(H,17,21). The van der Waals surface area contributed by atoms with Crippen LogP contribution < -0.4 is 10.9 Å². The first-order valence-electron chi connectivity index (χ1n) is 7.43. The topological polar surface area (TPSA) is 102 Å². The van der Waals surface area contributed by atoms with Crippen LogP contribution in [0.3, 0.4) is 0 Å². The lowest BCUT2D eigenvalue weighted by Gasteiger charge is -2.29. The lowest BCUT2D eigenvalue weighted by molar-refractivity contribution is -0.126. The van der Waals surface area contributed by atoms with Gasteiger partial charge < -0.3 is 4.90 Å². The second-order valence-corrected chi connectivity index (χ2v) is 5.84. The number of urea groups is 1. The third kappa shape index (κ3) is 2.85. The monoisotopic (exact) mass is 318 g/mol. The van der Waals surface area contributed by atoms with Crippen LogP contribution in [-0.4, -0.2) is 51.6 Å². The van der Waals surface area contributed by atoms with Gasteiger partial charge in [0.15, 0.2) is 0 Å². The summed E-state index contributed by atoms with van der Waals surface area (Å²) in [4.78, 5) is 37.3. The van der Waals surface area contributed by atoms with Crippen LogP contribution in [0.25, 0.3) is 0 Å². The normalized spacial score (nSPS) is 23.0. The van der Waals surface area contributed by atoms with Crippen LogP contribution in [0.4, 0.5) is 4.79 Å². The Morgan fingerprint density at radius 1 is 1.17 bits per heavy atom. The molecule has 1 aromatic carbocycles. The minimum atomic E-state index is -0.686. The van der Waals surface area contributed by atoms with Crippen LogP contribution in [0.2, 0.25) is 0 Å². The van der Waals surface area contributed by atoms with Gasteiger partial charge in [-0.25, -0.2) is 9.86 Å². The highest BCUT2D eigenvalue weighted by atomic mass is 16.5. The highest BCUT2D eigenvalue weighted by molar-refractivity contribution is 5.96. The van der Waals surface area contributed by atoms with Crippen molar-refractivity contribution >= 4 is 17.8 Å². The number of carbonyl (C=O) groups is 3. The zero-order valence-electron chi connectivity index (χ0n) is 12.7. The average molecular weight is 318 g/mol. The molecule has 8 heteroatoms. The largest absolute Gasteiger partial charge is 0.344 e. The second-order valence-electron chi connectivity index (χ2n) is 5.84. The molecule has 2 atom stereocenters. The van der Waals surface area contributed by atoms with Crippen LogP contribution in [-0.2, 0) is 4.79 Å². The molecule has 0 radical (unpaired) electrons. The number of piperidine rings is 1. The second kappa shape index (κ2) is 5.88. The van der Waals surface area contributed by atoms with E-state index < -0.39 is 23.9 Å². The van der Waals surface area contributed by atoms with Gasteiger partial charge in [0, 0.05) is 12.1 Å². The average Bonchev–Trinajstić information content (AvgIpc) is 2.77. The predicted octanol–water partition coefficient (Wildman–Crippen LogP) is 0.414. The maximum absolute atomic E-state index is 12.2. The Bertz CT molecular complexity index is 645. The highest BCUT2D eigenvalue weighted by Crippen LogP contribution is 2.28. The maximum Gasteiger partial charge on any atom is 0.344 e. The summed E-state index contributed by atoms with van der Waals surface area (Å²) in [5.41, 5.74) is 6.16. The molecule has 3 N–H and O–H groups in total. The van der Waals surface area contributed by atoms with Gasteiger partial charge >= 0.3 is 6.03 Å². The first kappa shape index (κ1) is 15.3. The molecule has 2 saturated heterocycles. The van der Waals surface area contributed by atoms with E-state index in [2.05, 4.69) is 10.9 Å². The van der Waals surface area contributed by atoms with Crippen molar-refractivity contribution in [1.29, 1.82) is 0 Å². The molecule has 23 heavy (non-hydrogen) atoms. The molecule has 2 fully saturated rings. The Kier molecular flexibility index (Phi) is 3.91. The van der Waals surface area contributed by atoms with Crippen molar-refractivity contribution in [2.75, 3.05) is 6.54 Å². The molecule has 3 rings (SSSR count). The molecule has 2 aliphatic heterocycles. The number of carbonyl (C=O) groups excluding carboxylic acids is 3. The first-order chi connectivity index (χ1) is 11.0. The lowest BCUT2D eigenvalue weighted by Crippen LogP contribution is -2.54. The number of hydrogen-bond acceptors (Lipinski definition) is 4. The Morgan fingerprint density at radius 2 is 1.87 bits per heavy atom. The van der Waals surface area contributed by atoms with E-state index >= 15 is 0 Å². The van der Waals surface area contributed by atoms with E-state index in [-0.39, 0.29) is 6.04 Å². The molecule has 2 bridgehead atoms. The Morgan fingerprint density at radius 3 is 2.57 bits per heavy atom. The van der Waals surface area contributed by atoms with Crippen LogP contribution in [0.15, 0.2) is 24.3 Å². The number of amides is 4. The molecule has 2 unspecified atom stereocenters. The van der Waals surface area contributed by atoms with Crippen molar-refractivity contribution in [3.63, 3.8) is 0 Å². The lowest BCUT2D eigenvalue weighted by atomic mass is 10.0. The summed E-state index contributed by atoms with van der Waals surface area (Å²) in [6, 6.07) is 5.42. The summed E-state index contributed by atoms with van der Waals surface area (Å²) >= 11 is 0. The van der Waals surface area contributed by atoms with Crippen molar-refractivity contribution in [2.24, 2.45) is 0 Å². The number of nitrogens with zero attached hydrogens (tertiary/aromatic N) is 2. The fourth-order valence-corrected chi connectivity index (χ4v) is 2.90. The van der Waals surface area contributed by atoms with Crippen LogP contribution in [0.1, 0.15) is 28.8 Å². The SMILES string of the molecule is Cc1ccc(C(=O)NNC(=O)C2CCC3CN2C(=O)N3O)cc1. The fraction of sp³-hybridized carbons (Fsp3) is 0.400. The molecule has 4 amide bonds. The molecule has 122 valence electrons. The Balaban J connectivity index is 1.58. The molecule has 0 spiro atoms. The number of hydrogen-bond donors (Lipinski definition) is 3. The minimum Gasteiger partial charge on any atom is -0.309 e. The van der Waals surface area contributed by atoms with E-state index in [9.17, 15) is 19.6 Å². The maximum atomic E-state index is 12.2. The summed E-state index contributed by atoms with van der Waals surface area (Å²) in [7, 11) is 0. The van der Waals surface area contributed by atoms with Crippen molar-refractivity contribution in [3.8, 4) is 0 Å². The van der Waals surface area contributed by atoms with Crippen molar-refractivity contribution < 1.29 is 19.6 Å². The van der Waals surface area contributed by atoms with Gasteiger partial charge in [0.1, 0.15) is 6.04 Å². The van der Waals surface area contributed by atoms with Crippen LogP contribution in [0, 0.1) is 6.92 Å². The molecule has 2 heterocycles. The van der Waals surface area contributed by atoms with E-state index in [1.54, 1.807) is 24.3 Å². The van der Waals surface area contributed by atoms with Gasteiger partial charge in [0.25, 0.3) is 11.8 Å². The van der Waals surface area contributed by atoms with E-state index in [0.717, 1.165) is 5.56 Å². The van der Waals surface area contributed by atoms with Gasteiger partial charge in [0.05, 0.1) is 6.04 Å². The Hall–Kier alpha value is -2.61. The molecule has 8 nitrogen and oxygen atoms in total. The summed E-state index contributed by atoms with van der Waals surface area (Å²) in [6.07, 6.45) is 0.989. The molecular weight excluding hydrogens is 300 g/mol. The van der Waals surface area contributed by atoms with Crippen molar-refractivity contribution in [2.45, 2.75) is 31.8 Å². The molecule has 1 aromatic rings. The van der Waals surface area contributed by atoms with Gasteiger partial charge in [-0.05, 0) is 31.9 Å². The molecular formula is C15H18N4O4. The quantitative estimate of drug-likeness (QED) is 0.543. The zero-order chi connectivity index (χ0) is 16.6. The summed E-state index contributed by atoms with van der Waals surface area (Å²) in [5, 5.41) is 10.3. The predicted molar refractivity (Wildman–Crippen MR) is 79.3 cm³/mol. The number of rotatable bonds is 2. The number of aryl methyl sites for hydroxylation is 1. The first-order valence-corrected chi connectivity index (χ1v) is 7.43. The molecule has 0 aromatic heterocycles. The fourth-order valence-electron chi connectivity index (χ4n) is 2.90. The van der Waals surface area contributed by atoms with E-state index in [1.807, 2.05) is 6.92 Å². The number of hydroxylamine groups is 2. The van der Waals surface area contributed by atoms with Crippen LogP contribution >= 0.6 is 0 Å². The minimum absolute atomic E-state index is 0.256. The highest BCUT2D eigenvalue weighted by Gasteiger charge is 2.46. The van der Waals surface area contributed by atoms with E-state index in [1.165, 1.54) is 4.90 Å². The number of fused-ring (bicyclic) bond motifs is 2. The van der Waals surface area contributed by atoms with Gasteiger partial charge in [-0.1, -0.05) is 17.7 Å².